The molecule has 0 saturated heterocycles. The topological polar surface area (TPSA) is 55.1 Å². The smallest absolute Gasteiger partial charge is 0.255 e. The molecule has 2 heterocycles. The van der Waals surface area contributed by atoms with Crippen LogP contribution in [0.2, 0.25) is 5.15 Å². The zero-order chi connectivity index (χ0) is 11.7. The summed E-state index contributed by atoms with van der Waals surface area (Å²) in [5.41, 5.74) is 0.974. The van der Waals surface area contributed by atoms with E-state index < -0.39 is 0 Å². The zero-order valence-electron chi connectivity index (χ0n) is 9.53. The van der Waals surface area contributed by atoms with Gasteiger partial charge < -0.3 is 5.32 Å². The molecule has 0 amide bonds. The molecule has 5 nitrogen and oxygen atoms in total. The Kier molecular flexibility index (Phi) is 2.96. The molecule has 0 bridgehead atoms. The lowest BCUT2D eigenvalue weighted by Crippen LogP contribution is -2.10. The summed E-state index contributed by atoms with van der Waals surface area (Å²) in [6, 6.07) is 0. The fourth-order valence-corrected chi connectivity index (χ4v) is 2.06. The van der Waals surface area contributed by atoms with Crippen molar-refractivity contribution >= 4 is 23.2 Å². The summed E-state index contributed by atoms with van der Waals surface area (Å²) in [6.45, 7) is 6.98. The van der Waals surface area contributed by atoms with E-state index in [0.29, 0.717) is 10.9 Å². The van der Waals surface area contributed by atoms with Gasteiger partial charge in [-0.3, -0.25) is 0 Å². The molecule has 1 N–H and O–H groups in total. The standard InChI is InChI=1S/C10H14ClN5/c1-4-12-9-7(6(2)3)8(11)15-10-13-5-14-16(9)10/h5-6,12H,4H2,1-3H3. The largest absolute Gasteiger partial charge is 0.370 e. The molecular weight excluding hydrogens is 226 g/mol. The minimum absolute atomic E-state index is 0.280. The van der Waals surface area contributed by atoms with E-state index in [-0.39, 0.29) is 5.92 Å². The molecule has 6 heteroatoms. The molecule has 2 rings (SSSR count). The third-order valence-corrected chi connectivity index (χ3v) is 2.63. The summed E-state index contributed by atoms with van der Waals surface area (Å²) in [5, 5.41) is 7.90. The number of anilines is 1. The Balaban J connectivity index is 2.74. The van der Waals surface area contributed by atoms with Gasteiger partial charge in [-0.25, -0.2) is 0 Å². The molecular formula is C10H14ClN5. The van der Waals surface area contributed by atoms with Gasteiger partial charge in [0, 0.05) is 12.1 Å². The fraction of sp³-hybridized carbons (Fsp3) is 0.500. The molecule has 2 aromatic heterocycles. The minimum Gasteiger partial charge on any atom is -0.370 e. The van der Waals surface area contributed by atoms with E-state index in [4.69, 9.17) is 11.6 Å². The number of hydrogen-bond acceptors (Lipinski definition) is 4. The second-order valence-corrected chi connectivity index (χ2v) is 4.18. The maximum atomic E-state index is 6.16. The van der Waals surface area contributed by atoms with Crippen LogP contribution in [0.3, 0.4) is 0 Å². The van der Waals surface area contributed by atoms with Crippen LogP contribution in [0.1, 0.15) is 32.3 Å². The lowest BCUT2D eigenvalue weighted by Gasteiger charge is -2.15. The first-order valence-corrected chi connectivity index (χ1v) is 5.66. The van der Waals surface area contributed by atoms with Crippen molar-refractivity contribution in [3.63, 3.8) is 0 Å². The zero-order valence-corrected chi connectivity index (χ0v) is 10.3. The summed E-state index contributed by atoms with van der Waals surface area (Å²) in [6.07, 6.45) is 1.48. The van der Waals surface area contributed by atoms with Crippen molar-refractivity contribution in [2.24, 2.45) is 0 Å². The van der Waals surface area contributed by atoms with Crippen molar-refractivity contribution < 1.29 is 0 Å². The number of rotatable bonds is 3. The van der Waals surface area contributed by atoms with Crippen molar-refractivity contribution in [2.45, 2.75) is 26.7 Å². The number of halogens is 1. The Labute approximate surface area is 98.9 Å². The van der Waals surface area contributed by atoms with Crippen LogP contribution >= 0.6 is 11.6 Å². The summed E-state index contributed by atoms with van der Waals surface area (Å²) < 4.78 is 1.69. The Hall–Kier alpha value is -1.36. The summed E-state index contributed by atoms with van der Waals surface area (Å²) in [5.74, 6) is 1.68. The molecule has 0 aliphatic heterocycles. The minimum atomic E-state index is 0.280. The number of nitrogens with zero attached hydrogens (tertiary/aromatic N) is 4. The molecule has 0 unspecified atom stereocenters. The van der Waals surface area contributed by atoms with E-state index in [0.717, 1.165) is 17.9 Å². The fourth-order valence-electron chi connectivity index (χ4n) is 1.68. The van der Waals surface area contributed by atoms with Crippen LogP contribution < -0.4 is 5.32 Å². The Morgan fingerprint density at radius 2 is 2.25 bits per heavy atom. The number of nitrogens with one attached hydrogen (secondary N) is 1. The second kappa shape index (κ2) is 4.25. The summed E-state index contributed by atoms with van der Waals surface area (Å²) in [7, 11) is 0. The van der Waals surface area contributed by atoms with Gasteiger partial charge in [0.1, 0.15) is 17.3 Å². The molecule has 0 saturated carbocycles. The maximum absolute atomic E-state index is 6.16. The van der Waals surface area contributed by atoms with E-state index in [1.54, 1.807) is 4.52 Å². The predicted molar refractivity (Wildman–Crippen MR) is 64.0 cm³/mol. The predicted octanol–water partition coefficient (Wildman–Crippen LogP) is 2.33. The van der Waals surface area contributed by atoms with Gasteiger partial charge in [-0.1, -0.05) is 25.4 Å². The maximum Gasteiger partial charge on any atom is 0.255 e. The number of aromatic nitrogens is 4. The lowest BCUT2D eigenvalue weighted by atomic mass is 10.1. The van der Waals surface area contributed by atoms with Crippen molar-refractivity contribution in [3.8, 4) is 0 Å². The lowest BCUT2D eigenvalue weighted by molar-refractivity contribution is 0.822. The van der Waals surface area contributed by atoms with Crippen LogP contribution in [0.4, 0.5) is 5.82 Å². The average Bonchev–Trinajstić information content (AvgIpc) is 2.64. The Morgan fingerprint density at radius 1 is 1.50 bits per heavy atom. The third-order valence-electron chi connectivity index (χ3n) is 2.34. The van der Waals surface area contributed by atoms with Gasteiger partial charge in [-0.15, -0.1) is 0 Å². The quantitative estimate of drug-likeness (QED) is 0.836. The van der Waals surface area contributed by atoms with Crippen LogP contribution in [0.5, 0.6) is 0 Å². The molecule has 86 valence electrons. The molecule has 0 aliphatic rings. The van der Waals surface area contributed by atoms with Gasteiger partial charge in [0.2, 0.25) is 0 Å². The highest BCUT2D eigenvalue weighted by Gasteiger charge is 2.17. The number of hydrogen-bond donors (Lipinski definition) is 1. The molecule has 0 spiro atoms. The van der Waals surface area contributed by atoms with Gasteiger partial charge in [-0.05, 0) is 12.8 Å². The number of fused-ring (bicyclic) bond motifs is 1. The normalized spacial score (nSPS) is 11.3. The van der Waals surface area contributed by atoms with E-state index in [1.807, 2.05) is 6.92 Å². The first kappa shape index (κ1) is 11.1. The van der Waals surface area contributed by atoms with Gasteiger partial charge in [0.05, 0.1) is 0 Å². The first-order chi connectivity index (χ1) is 7.65. The molecule has 0 aliphatic carbocycles. The molecule has 0 fully saturated rings. The summed E-state index contributed by atoms with van der Waals surface area (Å²) in [4.78, 5) is 8.25. The van der Waals surface area contributed by atoms with Gasteiger partial charge in [0.25, 0.3) is 5.78 Å². The van der Waals surface area contributed by atoms with Crippen LogP contribution in [-0.4, -0.2) is 26.1 Å². The monoisotopic (exact) mass is 239 g/mol. The van der Waals surface area contributed by atoms with Crippen LogP contribution in [0.25, 0.3) is 5.78 Å². The van der Waals surface area contributed by atoms with E-state index in [9.17, 15) is 0 Å². The summed E-state index contributed by atoms with van der Waals surface area (Å²) >= 11 is 6.16. The highest BCUT2D eigenvalue weighted by atomic mass is 35.5. The molecule has 0 aromatic carbocycles. The second-order valence-electron chi connectivity index (χ2n) is 3.82. The highest BCUT2D eigenvalue weighted by molar-refractivity contribution is 6.30. The Bertz CT molecular complexity index is 505. The SMILES string of the molecule is CCNc1c(C(C)C)c(Cl)nc2ncnn12. The van der Waals surface area contributed by atoms with Crippen LogP contribution in [-0.2, 0) is 0 Å². The van der Waals surface area contributed by atoms with Crippen LogP contribution in [0, 0.1) is 0 Å². The van der Waals surface area contributed by atoms with E-state index >= 15 is 0 Å². The van der Waals surface area contributed by atoms with Crippen molar-refractivity contribution in [3.05, 3.63) is 17.0 Å². The van der Waals surface area contributed by atoms with Crippen molar-refractivity contribution in [1.29, 1.82) is 0 Å². The average molecular weight is 240 g/mol. The molecule has 16 heavy (non-hydrogen) atoms. The van der Waals surface area contributed by atoms with Crippen molar-refractivity contribution in [1.82, 2.24) is 19.6 Å². The molecule has 0 radical (unpaired) electrons. The highest BCUT2D eigenvalue weighted by Crippen LogP contribution is 2.30. The van der Waals surface area contributed by atoms with Crippen LogP contribution in [0.15, 0.2) is 6.33 Å². The molecule has 0 atom stereocenters. The van der Waals surface area contributed by atoms with E-state index in [1.165, 1.54) is 6.33 Å². The third kappa shape index (κ3) is 1.71. The first-order valence-electron chi connectivity index (χ1n) is 5.28. The Morgan fingerprint density at radius 3 is 2.88 bits per heavy atom. The van der Waals surface area contributed by atoms with Gasteiger partial charge >= 0.3 is 0 Å². The van der Waals surface area contributed by atoms with Gasteiger partial charge in [-0.2, -0.15) is 19.6 Å². The van der Waals surface area contributed by atoms with Gasteiger partial charge in [0.15, 0.2) is 0 Å². The van der Waals surface area contributed by atoms with Crippen molar-refractivity contribution in [2.75, 3.05) is 11.9 Å². The molecule has 2 aromatic rings. The van der Waals surface area contributed by atoms with E-state index in [2.05, 4.69) is 34.2 Å².